The summed E-state index contributed by atoms with van der Waals surface area (Å²) < 4.78 is 38.3. The van der Waals surface area contributed by atoms with Gasteiger partial charge in [-0.05, 0) is 72.0 Å². The van der Waals surface area contributed by atoms with Crippen LogP contribution in [0.15, 0.2) is 102 Å². The monoisotopic (exact) mass is 831 g/mol. The summed E-state index contributed by atoms with van der Waals surface area (Å²) in [6.07, 6.45) is -3.45. The maximum Gasteiger partial charge on any atom is 0.430 e. The highest BCUT2D eigenvalue weighted by Gasteiger charge is 2.29. The number of halogens is 3. The summed E-state index contributed by atoms with van der Waals surface area (Å²) in [6.45, 7) is 2.84. The number of aryl methyl sites for hydroxylation is 1. The first-order valence-electron chi connectivity index (χ1n) is 19.4. The van der Waals surface area contributed by atoms with E-state index in [-0.39, 0.29) is 29.7 Å². The molecule has 6 N–H and O–H groups in total. The third kappa shape index (κ3) is 13.1. The van der Waals surface area contributed by atoms with Crippen molar-refractivity contribution in [1.29, 1.82) is 0 Å². The number of carbonyl (C=O) groups excluding carboxylic acids is 3. The van der Waals surface area contributed by atoms with Crippen molar-refractivity contribution < 1.29 is 52.1 Å². The number of pyridine rings is 1. The van der Waals surface area contributed by atoms with Crippen LogP contribution in [0.25, 0.3) is 22.0 Å². The molecular formula is C44H48F3N5O8. The summed E-state index contributed by atoms with van der Waals surface area (Å²) in [5.74, 6) is -3.17. The zero-order valence-electron chi connectivity index (χ0n) is 33.2. The van der Waals surface area contributed by atoms with Crippen molar-refractivity contribution in [2.24, 2.45) is 0 Å². The lowest BCUT2D eigenvalue weighted by Crippen LogP contribution is -2.48. The summed E-state index contributed by atoms with van der Waals surface area (Å²) in [7, 11) is 4.38. The van der Waals surface area contributed by atoms with E-state index in [0.29, 0.717) is 53.8 Å². The Labute approximate surface area is 344 Å². The van der Waals surface area contributed by atoms with E-state index in [1.54, 1.807) is 12.1 Å². The van der Waals surface area contributed by atoms with Gasteiger partial charge < -0.3 is 45.0 Å². The lowest BCUT2D eigenvalue weighted by atomic mass is 9.99. The number of rotatable bonds is 13. The minimum absolute atomic E-state index is 0.0460. The zero-order chi connectivity index (χ0) is 43.5. The molecule has 0 unspecified atom stereocenters. The molecule has 318 valence electrons. The molecule has 13 nitrogen and oxygen atoms in total. The molecule has 5 aromatic rings. The number of carbonyl (C=O) groups is 3. The minimum Gasteiger partial charge on any atom is -0.542 e. The second-order valence-corrected chi connectivity index (χ2v) is 15.1. The van der Waals surface area contributed by atoms with E-state index in [2.05, 4.69) is 35.0 Å². The second-order valence-electron chi connectivity index (χ2n) is 15.1. The fraction of sp³-hybridized carbons (Fsp3) is 0.318. The molecule has 16 heteroatoms. The molecule has 0 saturated carbocycles. The average molecular weight is 832 g/mol. The molecule has 0 radical (unpaired) electrons. The van der Waals surface area contributed by atoms with E-state index in [9.17, 15) is 37.8 Å². The number of aliphatic hydroxyl groups excluding tert-OH is 1. The fourth-order valence-electron chi connectivity index (χ4n) is 6.74. The van der Waals surface area contributed by atoms with Crippen molar-refractivity contribution in [2.75, 3.05) is 50.9 Å². The van der Waals surface area contributed by atoms with Crippen LogP contribution in [0.1, 0.15) is 42.1 Å². The minimum atomic E-state index is -5.19. The number of anilines is 2. The molecule has 0 aliphatic carbocycles. The zero-order valence-corrected chi connectivity index (χ0v) is 33.2. The second kappa shape index (κ2) is 20.2. The number of hydrogen-bond acceptors (Lipinski definition) is 9. The Morgan fingerprint density at radius 1 is 0.900 bits per heavy atom. The Morgan fingerprint density at radius 2 is 1.57 bits per heavy atom. The van der Waals surface area contributed by atoms with Gasteiger partial charge in [-0.2, -0.15) is 13.2 Å². The van der Waals surface area contributed by atoms with Gasteiger partial charge in [0.2, 0.25) is 11.5 Å². The number of likely N-dealkylation sites (tertiary alicyclic amines) is 1. The number of aromatic nitrogens is 1. The number of H-pyrrole nitrogens is 1. The molecule has 0 spiro atoms. The Hall–Kier alpha value is -6.23. The number of aliphatic carboxylic acids is 1. The summed E-state index contributed by atoms with van der Waals surface area (Å²) in [4.78, 5) is 49.0. The van der Waals surface area contributed by atoms with Crippen molar-refractivity contribution in [3.05, 3.63) is 124 Å². The lowest BCUT2D eigenvalue weighted by molar-refractivity contribution is -0.896. The predicted octanol–water partition coefficient (Wildman–Crippen LogP) is 5.42. The Balaban J connectivity index is 0.000000896. The Morgan fingerprint density at radius 3 is 2.23 bits per heavy atom. The number of nitrogens with zero attached hydrogens (tertiary/aromatic N) is 1. The summed E-state index contributed by atoms with van der Waals surface area (Å²) >= 11 is 0. The van der Waals surface area contributed by atoms with Gasteiger partial charge in [-0.15, -0.1) is 0 Å². The SMILES string of the molecule is C[N+]1(C)CCC(OC(=O)Nc2cc(CCC(=O)Nc3ccc(CCNC[C@H](O)c4ccc(O)c5[nH]c(=O)ccc45)cc3)ccc2-c2ccccc2)CC1.O=C([O-])C(F)(F)F. The van der Waals surface area contributed by atoms with Gasteiger partial charge in [0, 0.05) is 48.5 Å². The molecule has 1 aromatic heterocycles. The average Bonchev–Trinajstić information content (AvgIpc) is 3.20. The van der Waals surface area contributed by atoms with Crippen LogP contribution < -0.4 is 26.6 Å². The van der Waals surface area contributed by atoms with Gasteiger partial charge in [-0.3, -0.25) is 14.9 Å². The highest BCUT2D eigenvalue weighted by molar-refractivity contribution is 5.93. The molecule has 1 aliphatic rings. The van der Waals surface area contributed by atoms with E-state index >= 15 is 0 Å². The number of aliphatic hydroxyl groups is 1. The predicted molar refractivity (Wildman–Crippen MR) is 219 cm³/mol. The number of amides is 2. The van der Waals surface area contributed by atoms with Crippen molar-refractivity contribution in [2.45, 2.75) is 50.5 Å². The van der Waals surface area contributed by atoms with Crippen molar-refractivity contribution >= 4 is 40.2 Å². The topological polar surface area (TPSA) is 193 Å². The number of phenols is 1. The first kappa shape index (κ1) is 44.9. The number of fused-ring (bicyclic) bond motifs is 1. The fourth-order valence-corrected chi connectivity index (χ4v) is 6.74. The van der Waals surface area contributed by atoms with Gasteiger partial charge in [-0.25, -0.2) is 4.79 Å². The number of hydrogen-bond donors (Lipinski definition) is 6. The largest absolute Gasteiger partial charge is 0.542 e. The molecule has 4 aromatic carbocycles. The van der Waals surface area contributed by atoms with Gasteiger partial charge in [0.15, 0.2) is 0 Å². The highest BCUT2D eigenvalue weighted by atomic mass is 19.4. The molecule has 2 heterocycles. The van der Waals surface area contributed by atoms with Crippen LogP contribution in [0, 0.1) is 0 Å². The number of ether oxygens (including phenoxy) is 1. The molecular weight excluding hydrogens is 784 g/mol. The number of quaternary nitrogens is 1. The van der Waals surface area contributed by atoms with Gasteiger partial charge in [0.05, 0.1) is 44.5 Å². The van der Waals surface area contributed by atoms with Crippen LogP contribution in [0.2, 0.25) is 0 Å². The van der Waals surface area contributed by atoms with Gasteiger partial charge in [-0.1, -0.05) is 60.7 Å². The van der Waals surface area contributed by atoms with Crippen LogP contribution >= 0.6 is 0 Å². The van der Waals surface area contributed by atoms with Crippen LogP contribution in [-0.2, 0) is 27.2 Å². The molecule has 1 fully saturated rings. The van der Waals surface area contributed by atoms with Gasteiger partial charge >= 0.3 is 12.3 Å². The van der Waals surface area contributed by atoms with Crippen molar-refractivity contribution in [1.82, 2.24) is 10.3 Å². The van der Waals surface area contributed by atoms with Gasteiger partial charge in [0.25, 0.3) is 0 Å². The summed E-state index contributed by atoms with van der Waals surface area (Å²) in [6, 6.07) is 29.5. The highest BCUT2D eigenvalue weighted by Crippen LogP contribution is 2.31. The molecule has 2 amide bonds. The Bertz CT molecular complexity index is 2310. The van der Waals surface area contributed by atoms with E-state index in [4.69, 9.17) is 14.6 Å². The lowest BCUT2D eigenvalue weighted by Gasteiger charge is -2.36. The number of benzene rings is 4. The van der Waals surface area contributed by atoms with Crippen LogP contribution in [0.5, 0.6) is 5.75 Å². The van der Waals surface area contributed by atoms with Crippen LogP contribution in [0.3, 0.4) is 0 Å². The van der Waals surface area contributed by atoms with E-state index in [0.717, 1.165) is 52.7 Å². The number of nitrogens with one attached hydrogen (secondary N) is 4. The quantitative estimate of drug-likeness (QED) is 0.0664. The normalized spacial score (nSPS) is 14.4. The van der Waals surface area contributed by atoms with Gasteiger partial charge in [0.1, 0.15) is 17.8 Å². The summed E-state index contributed by atoms with van der Waals surface area (Å²) in [5.41, 5.74) is 5.80. The maximum absolute atomic E-state index is 13.0. The van der Waals surface area contributed by atoms with Crippen molar-refractivity contribution in [3.63, 3.8) is 0 Å². The number of aromatic amines is 1. The molecule has 1 atom stereocenters. The number of alkyl halides is 3. The standard InChI is InChI=1S/C42H47N5O6.C2HF3O2/c1-47(2)24-21-32(22-25-47)53-42(52)45-36-26-29(10-14-33(36)30-6-4-3-5-7-30)11-18-39(50)44-31-12-8-28(9-13-31)20-23-43-27-38(49)34-15-17-37(48)41-35(34)16-19-40(51)46-41;3-2(4,5)1(6)7/h3-10,12-17,19,26,32,38,43,49H,11,18,20-25,27H2,1-2H3,(H3-,44,45,46,48,50,51,52);(H,6,7)/t38-;/m0./s1. The number of piperidine rings is 1. The molecule has 0 bridgehead atoms. The Kier molecular flexibility index (Phi) is 15.1. The molecule has 60 heavy (non-hydrogen) atoms. The van der Waals surface area contributed by atoms with E-state index < -0.39 is 24.3 Å². The number of phenolic OH excluding ortho intramolecular Hbond substituents is 1. The smallest absolute Gasteiger partial charge is 0.430 e. The number of carboxylic acids is 1. The third-order valence-corrected chi connectivity index (χ3v) is 10.1. The third-order valence-electron chi connectivity index (χ3n) is 10.1. The summed E-state index contributed by atoms with van der Waals surface area (Å²) in [5, 5.41) is 39.5. The molecule has 1 saturated heterocycles. The first-order chi connectivity index (χ1) is 28.5. The van der Waals surface area contributed by atoms with E-state index in [1.165, 1.54) is 12.1 Å². The molecule has 6 rings (SSSR count). The maximum atomic E-state index is 13.0. The van der Waals surface area contributed by atoms with Crippen LogP contribution in [0.4, 0.5) is 29.3 Å². The first-order valence-corrected chi connectivity index (χ1v) is 19.4. The van der Waals surface area contributed by atoms with Crippen molar-refractivity contribution in [3.8, 4) is 16.9 Å². The number of aromatic hydroxyl groups is 1. The number of carboxylic acid groups (broad SMARTS) is 1. The molecule has 1 aliphatic heterocycles. The van der Waals surface area contributed by atoms with Crippen LogP contribution in [-0.4, -0.2) is 90.2 Å². The van der Waals surface area contributed by atoms with E-state index in [1.807, 2.05) is 72.8 Å².